The van der Waals surface area contributed by atoms with E-state index in [1.807, 2.05) is 6.08 Å². The van der Waals surface area contributed by atoms with Gasteiger partial charge in [0.1, 0.15) is 12.1 Å². The van der Waals surface area contributed by atoms with Crippen LogP contribution in [0.5, 0.6) is 0 Å². The lowest BCUT2D eigenvalue weighted by Crippen LogP contribution is -2.44. The number of aliphatic hydroxyl groups is 1. The Labute approximate surface area is 152 Å². The number of piperidine rings is 1. The fraction of sp³-hybridized carbons (Fsp3) is 0.444. The van der Waals surface area contributed by atoms with Crippen LogP contribution in [-0.4, -0.2) is 64.1 Å². The molecule has 2 aliphatic rings. The highest BCUT2D eigenvalue weighted by Crippen LogP contribution is 2.32. The molecule has 3 rings (SSSR count). The van der Waals surface area contributed by atoms with Crippen LogP contribution in [-0.2, 0) is 16.0 Å². The lowest BCUT2D eigenvalue weighted by atomic mass is 10.0. The molecular weight excluding hydrogens is 334 g/mol. The van der Waals surface area contributed by atoms with E-state index >= 15 is 0 Å². The molecule has 8 heteroatoms. The summed E-state index contributed by atoms with van der Waals surface area (Å²) in [5.74, 6) is 0.284. The summed E-state index contributed by atoms with van der Waals surface area (Å²) in [6, 6.07) is 0.0500. The van der Waals surface area contributed by atoms with E-state index in [0.717, 1.165) is 25.1 Å². The third-order valence-electron chi connectivity index (χ3n) is 4.59. The van der Waals surface area contributed by atoms with Gasteiger partial charge in [-0.3, -0.25) is 9.59 Å². The van der Waals surface area contributed by atoms with Crippen LogP contribution in [0.15, 0.2) is 25.1 Å². The summed E-state index contributed by atoms with van der Waals surface area (Å²) >= 11 is 0. The molecule has 2 amide bonds. The number of rotatable bonds is 6. The van der Waals surface area contributed by atoms with E-state index < -0.39 is 0 Å². The van der Waals surface area contributed by atoms with Crippen molar-refractivity contribution < 1.29 is 14.7 Å². The van der Waals surface area contributed by atoms with Gasteiger partial charge in [0, 0.05) is 37.7 Å². The van der Waals surface area contributed by atoms with E-state index in [0.29, 0.717) is 29.9 Å². The van der Waals surface area contributed by atoms with E-state index in [1.165, 1.54) is 12.4 Å². The second-order valence-electron chi connectivity index (χ2n) is 6.32. The van der Waals surface area contributed by atoms with Crippen LogP contribution in [0.25, 0.3) is 5.57 Å². The molecule has 0 saturated carbocycles. The summed E-state index contributed by atoms with van der Waals surface area (Å²) in [7, 11) is 0. The van der Waals surface area contributed by atoms with Crippen molar-refractivity contribution in [3.05, 3.63) is 36.3 Å². The Morgan fingerprint density at radius 1 is 1.42 bits per heavy atom. The lowest BCUT2D eigenvalue weighted by molar-refractivity contribution is -0.127. The number of fused-ring (bicyclic) bond motifs is 1. The zero-order chi connectivity index (χ0) is 18.5. The van der Waals surface area contributed by atoms with Crippen molar-refractivity contribution in [3.63, 3.8) is 0 Å². The van der Waals surface area contributed by atoms with Gasteiger partial charge in [0.15, 0.2) is 0 Å². The molecule has 1 aliphatic carbocycles. The first-order valence-electron chi connectivity index (χ1n) is 8.75. The topological polar surface area (TPSA) is 107 Å². The summed E-state index contributed by atoms with van der Waals surface area (Å²) in [5, 5.41) is 15.0. The van der Waals surface area contributed by atoms with Gasteiger partial charge in [0.05, 0.1) is 17.9 Å². The van der Waals surface area contributed by atoms with Gasteiger partial charge in [-0.15, -0.1) is 0 Å². The molecule has 0 unspecified atom stereocenters. The van der Waals surface area contributed by atoms with Crippen LogP contribution in [0.4, 0.5) is 5.82 Å². The molecule has 26 heavy (non-hydrogen) atoms. The van der Waals surface area contributed by atoms with Crippen molar-refractivity contribution in [2.24, 2.45) is 0 Å². The number of aliphatic hydroxyl groups excluding tert-OH is 1. The van der Waals surface area contributed by atoms with Crippen molar-refractivity contribution in [1.29, 1.82) is 0 Å². The molecule has 1 aromatic heterocycles. The average Bonchev–Trinajstić information content (AvgIpc) is 3.11. The maximum Gasteiger partial charge on any atom is 0.251 e. The number of carbonyl (C=O) groups excluding carboxylic acids is 2. The van der Waals surface area contributed by atoms with Crippen molar-refractivity contribution >= 4 is 23.2 Å². The summed E-state index contributed by atoms with van der Waals surface area (Å²) in [4.78, 5) is 34.6. The van der Waals surface area contributed by atoms with Gasteiger partial charge in [0.25, 0.3) is 5.91 Å². The number of nitrogens with zero attached hydrogens (tertiary/aromatic N) is 3. The number of likely N-dealkylation sites (tertiary alicyclic amines) is 1. The van der Waals surface area contributed by atoms with Gasteiger partial charge in [-0.1, -0.05) is 12.7 Å². The first-order valence-corrected chi connectivity index (χ1v) is 8.75. The number of carbonyl (C=O) groups is 2. The highest BCUT2D eigenvalue weighted by molar-refractivity contribution is 6.22. The summed E-state index contributed by atoms with van der Waals surface area (Å²) in [6.45, 7) is 4.92. The molecular formula is C18H23N5O3. The highest BCUT2D eigenvalue weighted by Gasteiger charge is 2.28. The van der Waals surface area contributed by atoms with Gasteiger partial charge in [-0.25, -0.2) is 9.97 Å². The molecule has 0 spiro atoms. The van der Waals surface area contributed by atoms with E-state index in [4.69, 9.17) is 5.11 Å². The monoisotopic (exact) mass is 357 g/mol. The molecule has 138 valence electrons. The predicted octanol–water partition coefficient (Wildman–Crippen LogP) is 0.114. The largest absolute Gasteiger partial charge is 0.395 e. The molecule has 1 saturated heterocycles. The Kier molecular flexibility index (Phi) is 5.62. The van der Waals surface area contributed by atoms with Crippen LogP contribution in [0.2, 0.25) is 0 Å². The maximum atomic E-state index is 12.4. The average molecular weight is 357 g/mol. The van der Waals surface area contributed by atoms with Gasteiger partial charge >= 0.3 is 0 Å². The maximum absolute atomic E-state index is 12.4. The molecule has 0 aromatic carbocycles. The standard InChI is InChI=1S/C18H23N5O3/c1-2-15(25)23-8-3-4-12(10-23)22-17-16-13(18(26)19-7-9-24)5-6-14(16)20-11-21-17/h2,5,11-12,24H,1,3-4,6-10H2,(H,19,26)(H,20,21,22)/t12-/m1/s1. The number of hydrogen-bond acceptors (Lipinski definition) is 6. The van der Waals surface area contributed by atoms with Crippen molar-refractivity contribution in [3.8, 4) is 0 Å². The minimum absolute atomic E-state index is 0.0500. The van der Waals surface area contributed by atoms with Crippen molar-refractivity contribution in [2.75, 3.05) is 31.6 Å². The molecule has 1 atom stereocenters. The Hall–Kier alpha value is -2.74. The quantitative estimate of drug-likeness (QED) is 0.624. The van der Waals surface area contributed by atoms with Crippen LogP contribution < -0.4 is 10.6 Å². The normalized spacial score (nSPS) is 18.7. The van der Waals surface area contributed by atoms with Crippen molar-refractivity contribution in [2.45, 2.75) is 25.3 Å². The van der Waals surface area contributed by atoms with Crippen molar-refractivity contribution in [1.82, 2.24) is 20.2 Å². The van der Waals surface area contributed by atoms with E-state index in [1.54, 1.807) is 4.90 Å². The molecule has 1 aromatic rings. The number of anilines is 1. The Morgan fingerprint density at radius 2 is 2.27 bits per heavy atom. The Bertz CT molecular complexity index is 746. The van der Waals surface area contributed by atoms with Crippen LogP contribution in [0.1, 0.15) is 24.1 Å². The highest BCUT2D eigenvalue weighted by atomic mass is 16.3. The minimum Gasteiger partial charge on any atom is -0.395 e. The molecule has 3 N–H and O–H groups in total. The van der Waals surface area contributed by atoms with E-state index in [9.17, 15) is 9.59 Å². The third-order valence-corrected chi connectivity index (χ3v) is 4.59. The third kappa shape index (κ3) is 3.75. The number of hydrogen-bond donors (Lipinski definition) is 3. The number of nitrogens with one attached hydrogen (secondary N) is 2. The van der Waals surface area contributed by atoms with Gasteiger partial charge < -0.3 is 20.6 Å². The second kappa shape index (κ2) is 8.09. The number of aromatic nitrogens is 2. The van der Waals surface area contributed by atoms with E-state index in [-0.39, 0.29) is 31.0 Å². The van der Waals surface area contributed by atoms with Gasteiger partial charge in [0.2, 0.25) is 5.91 Å². The van der Waals surface area contributed by atoms with Crippen LogP contribution >= 0.6 is 0 Å². The molecule has 1 fully saturated rings. The number of allylic oxidation sites excluding steroid dienone is 1. The van der Waals surface area contributed by atoms with Gasteiger partial charge in [-0.05, 0) is 18.9 Å². The molecule has 8 nitrogen and oxygen atoms in total. The molecule has 0 radical (unpaired) electrons. The van der Waals surface area contributed by atoms with Gasteiger partial charge in [-0.2, -0.15) is 0 Å². The summed E-state index contributed by atoms with van der Waals surface area (Å²) < 4.78 is 0. The zero-order valence-corrected chi connectivity index (χ0v) is 14.6. The predicted molar refractivity (Wildman–Crippen MR) is 97.2 cm³/mol. The summed E-state index contributed by atoms with van der Waals surface area (Å²) in [6.07, 6.45) is 7.02. The smallest absolute Gasteiger partial charge is 0.251 e. The molecule has 0 bridgehead atoms. The fourth-order valence-electron chi connectivity index (χ4n) is 3.36. The van der Waals surface area contributed by atoms with Crippen LogP contribution in [0, 0.1) is 0 Å². The second-order valence-corrected chi connectivity index (χ2v) is 6.32. The van der Waals surface area contributed by atoms with E-state index in [2.05, 4.69) is 27.2 Å². The minimum atomic E-state index is -0.247. The zero-order valence-electron chi connectivity index (χ0n) is 14.6. The number of amides is 2. The molecule has 2 heterocycles. The summed E-state index contributed by atoms with van der Waals surface area (Å²) in [5.41, 5.74) is 2.02. The fourth-order valence-corrected chi connectivity index (χ4v) is 3.36. The Morgan fingerprint density at radius 3 is 3.04 bits per heavy atom. The first kappa shape index (κ1) is 18.1. The lowest BCUT2D eigenvalue weighted by Gasteiger charge is -2.33. The first-order chi connectivity index (χ1) is 12.6. The van der Waals surface area contributed by atoms with Crippen LogP contribution in [0.3, 0.4) is 0 Å². The molecule has 1 aliphatic heterocycles. The Balaban J connectivity index is 1.77. The SMILES string of the molecule is C=CC(=O)N1CCC[C@@H](Nc2ncnc3c2C(C(=O)NCCO)=CC3)C1.